The van der Waals surface area contributed by atoms with Gasteiger partial charge in [-0.2, -0.15) is 0 Å². The van der Waals surface area contributed by atoms with Gasteiger partial charge in [-0.3, -0.25) is 0 Å². The number of rotatable bonds is 5. The van der Waals surface area contributed by atoms with Gasteiger partial charge in [-0.15, -0.1) is 0 Å². The summed E-state index contributed by atoms with van der Waals surface area (Å²) in [6.45, 7) is 1.41. The number of amides is 2. The molecule has 1 saturated heterocycles. The molecule has 0 spiro atoms. The van der Waals surface area contributed by atoms with Crippen LogP contribution in [0, 0.1) is 0 Å². The van der Waals surface area contributed by atoms with E-state index in [1.165, 1.54) is 5.56 Å². The van der Waals surface area contributed by atoms with Crippen LogP contribution in [0.15, 0.2) is 53.1 Å². The van der Waals surface area contributed by atoms with Crippen LogP contribution in [0.2, 0.25) is 0 Å². The largest absolute Gasteiger partial charge is 0.469 e. The molecule has 0 aliphatic carbocycles. The Balaban J connectivity index is 1.58. The van der Waals surface area contributed by atoms with Gasteiger partial charge in [0.1, 0.15) is 5.76 Å². The van der Waals surface area contributed by atoms with Crippen LogP contribution in [0.5, 0.6) is 0 Å². The summed E-state index contributed by atoms with van der Waals surface area (Å²) in [5.74, 6) is 1.03. The second-order valence-corrected chi connectivity index (χ2v) is 5.56. The van der Waals surface area contributed by atoms with E-state index >= 15 is 0 Å². The average Bonchev–Trinajstić information content (AvgIpc) is 3.03. The molecule has 1 unspecified atom stereocenters. The zero-order valence-electron chi connectivity index (χ0n) is 12.3. The number of likely N-dealkylation sites (tertiary alicyclic amines) is 1. The third-order valence-electron chi connectivity index (χ3n) is 3.95. The number of β-amino-alcohol motifs (C(OH)–C–C–N with tert-alkyl or cyclic N) is 1. The number of aliphatic hydroxyl groups excluding tert-OH is 1. The standard InChI is InChI=1S/C17H20N2O3/c20-14-11-19(12-14)17(21)18-9-8-15(16-7-4-10-22-16)13-5-2-1-3-6-13/h1-7,10,14-15,20H,8-9,11-12H2,(H,18,21). The molecular weight excluding hydrogens is 280 g/mol. The van der Waals surface area contributed by atoms with Crippen LogP contribution in [-0.4, -0.2) is 41.8 Å². The summed E-state index contributed by atoms with van der Waals surface area (Å²) in [5.41, 5.74) is 1.17. The number of nitrogens with one attached hydrogen (secondary N) is 1. The van der Waals surface area contributed by atoms with Gasteiger partial charge in [0.15, 0.2) is 0 Å². The molecule has 2 N–H and O–H groups in total. The fourth-order valence-electron chi connectivity index (χ4n) is 2.70. The first-order valence-corrected chi connectivity index (χ1v) is 7.53. The number of nitrogens with zero attached hydrogens (tertiary/aromatic N) is 1. The van der Waals surface area contributed by atoms with Crippen molar-refractivity contribution in [3.63, 3.8) is 0 Å². The van der Waals surface area contributed by atoms with Gasteiger partial charge in [0.05, 0.1) is 25.5 Å². The van der Waals surface area contributed by atoms with Gasteiger partial charge in [-0.25, -0.2) is 4.79 Å². The van der Waals surface area contributed by atoms with Crippen LogP contribution in [0.3, 0.4) is 0 Å². The SMILES string of the molecule is O=C(NCCC(c1ccccc1)c1ccco1)N1CC(O)C1. The number of urea groups is 1. The number of aliphatic hydroxyl groups is 1. The predicted molar refractivity (Wildman–Crippen MR) is 82.6 cm³/mol. The topological polar surface area (TPSA) is 65.7 Å². The molecule has 0 saturated carbocycles. The van der Waals surface area contributed by atoms with Gasteiger partial charge in [0.2, 0.25) is 0 Å². The van der Waals surface area contributed by atoms with Crippen molar-refractivity contribution in [2.45, 2.75) is 18.4 Å². The Hall–Kier alpha value is -2.27. The van der Waals surface area contributed by atoms with Crippen molar-refractivity contribution in [1.82, 2.24) is 10.2 Å². The lowest BCUT2D eigenvalue weighted by Gasteiger charge is -2.35. The van der Waals surface area contributed by atoms with E-state index in [1.807, 2.05) is 30.3 Å². The van der Waals surface area contributed by atoms with E-state index in [-0.39, 0.29) is 18.1 Å². The molecule has 0 bridgehead atoms. The van der Waals surface area contributed by atoms with Crippen LogP contribution in [0.1, 0.15) is 23.7 Å². The minimum absolute atomic E-state index is 0.114. The normalized spacial score (nSPS) is 16.1. The Morgan fingerprint density at radius 3 is 2.68 bits per heavy atom. The maximum atomic E-state index is 11.9. The number of hydrogen-bond donors (Lipinski definition) is 2. The fraction of sp³-hybridized carbons (Fsp3) is 0.353. The minimum atomic E-state index is -0.370. The van der Waals surface area contributed by atoms with E-state index in [4.69, 9.17) is 4.42 Å². The summed E-state index contributed by atoms with van der Waals surface area (Å²) < 4.78 is 5.55. The molecule has 5 nitrogen and oxygen atoms in total. The Labute approximate surface area is 129 Å². The summed E-state index contributed by atoms with van der Waals surface area (Å²) in [6, 6.07) is 13.9. The highest BCUT2D eigenvalue weighted by Gasteiger charge is 2.28. The molecule has 1 atom stereocenters. The van der Waals surface area contributed by atoms with Crippen molar-refractivity contribution >= 4 is 6.03 Å². The van der Waals surface area contributed by atoms with Crippen molar-refractivity contribution in [2.75, 3.05) is 19.6 Å². The summed E-state index contributed by atoms with van der Waals surface area (Å²) >= 11 is 0. The molecule has 2 heterocycles. The van der Waals surface area contributed by atoms with E-state index in [1.54, 1.807) is 11.2 Å². The Morgan fingerprint density at radius 2 is 2.05 bits per heavy atom. The fourth-order valence-corrected chi connectivity index (χ4v) is 2.70. The summed E-state index contributed by atoms with van der Waals surface area (Å²) in [7, 11) is 0. The van der Waals surface area contributed by atoms with E-state index in [0.717, 1.165) is 12.2 Å². The highest BCUT2D eigenvalue weighted by Crippen LogP contribution is 2.27. The van der Waals surface area contributed by atoms with E-state index in [0.29, 0.717) is 19.6 Å². The van der Waals surface area contributed by atoms with Gasteiger partial charge in [0, 0.05) is 12.5 Å². The van der Waals surface area contributed by atoms with Crippen molar-refractivity contribution in [2.24, 2.45) is 0 Å². The molecule has 116 valence electrons. The summed E-state index contributed by atoms with van der Waals surface area (Å²) in [6.07, 6.45) is 2.07. The monoisotopic (exact) mass is 300 g/mol. The summed E-state index contributed by atoms with van der Waals surface area (Å²) in [4.78, 5) is 13.5. The van der Waals surface area contributed by atoms with Crippen molar-refractivity contribution in [3.8, 4) is 0 Å². The van der Waals surface area contributed by atoms with Crippen LogP contribution in [-0.2, 0) is 0 Å². The van der Waals surface area contributed by atoms with E-state index in [2.05, 4.69) is 17.4 Å². The Kier molecular flexibility index (Phi) is 4.44. The molecule has 3 rings (SSSR count). The number of carbonyl (C=O) groups excluding carboxylic acids is 1. The summed E-state index contributed by atoms with van der Waals surface area (Å²) in [5, 5.41) is 12.1. The first-order chi connectivity index (χ1) is 10.7. The second kappa shape index (κ2) is 6.66. The van der Waals surface area contributed by atoms with Crippen molar-refractivity contribution in [3.05, 3.63) is 60.1 Å². The first kappa shape index (κ1) is 14.7. The highest BCUT2D eigenvalue weighted by molar-refractivity contribution is 5.75. The van der Waals surface area contributed by atoms with Crippen LogP contribution >= 0.6 is 0 Å². The van der Waals surface area contributed by atoms with Gasteiger partial charge in [-0.1, -0.05) is 30.3 Å². The van der Waals surface area contributed by atoms with Crippen LogP contribution < -0.4 is 5.32 Å². The predicted octanol–water partition coefficient (Wildman–Crippen LogP) is 2.19. The number of benzene rings is 1. The zero-order valence-corrected chi connectivity index (χ0v) is 12.3. The van der Waals surface area contributed by atoms with Crippen LogP contribution in [0.4, 0.5) is 4.79 Å². The molecule has 5 heteroatoms. The molecule has 2 aromatic rings. The average molecular weight is 300 g/mol. The molecule has 1 aliphatic rings. The molecular formula is C17H20N2O3. The molecule has 1 aromatic heterocycles. The molecule has 2 amide bonds. The molecule has 1 fully saturated rings. The van der Waals surface area contributed by atoms with E-state index < -0.39 is 0 Å². The third kappa shape index (κ3) is 3.31. The Bertz CT molecular complexity index is 592. The molecule has 22 heavy (non-hydrogen) atoms. The van der Waals surface area contributed by atoms with E-state index in [9.17, 15) is 9.90 Å². The second-order valence-electron chi connectivity index (χ2n) is 5.56. The van der Waals surface area contributed by atoms with Crippen molar-refractivity contribution in [1.29, 1.82) is 0 Å². The number of carbonyl (C=O) groups is 1. The maximum Gasteiger partial charge on any atom is 0.317 e. The zero-order chi connectivity index (χ0) is 15.4. The lowest BCUT2D eigenvalue weighted by atomic mass is 9.93. The van der Waals surface area contributed by atoms with Gasteiger partial charge >= 0.3 is 6.03 Å². The lowest BCUT2D eigenvalue weighted by Crippen LogP contribution is -2.56. The smallest absolute Gasteiger partial charge is 0.317 e. The van der Waals surface area contributed by atoms with Gasteiger partial charge < -0.3 is 19.7 Å². The Morgan fingerprint density at radius 1 is 1.27 bits per heavy atom. The molecule has 1 aliphatic heterocycles. The molecule has 0 radical (unpaired) electrons. The van der Waals surface area contributed by atoms with Crippen molar-refractivity contribution < 1.29 is 14.3 Å². The number of hydrogen-bond acceptors (Lipinski definition) is 3. The lowest BCUT2D eigenvalue weighted by molar-refractivity contribution is 0.0266. The van der Waals surface area contributed by atoms with Gasteiger partial charge in [0.25, 0.3) is 0 Å². The molecule has 1 aromatic carbocycles. The first-order valence-electron chi connectivity index (χ1n) is 7.53. The van der Waals surface area contributed by atoms with Crippen LogP contribution in [0.25, 0.3) is 0 Å². The quantitative estimate of drug-likeness (QED) is 0.889. The highest BCUT2D eigenvalue weighted by atomic mass is 16.3. The maximum absolute atomic E-state index is 11.9. The third-order valence-corrected chi connectivity index (χ3v) is 3.95. The number of furan rings is 1. The van der Waals surface area contributed by atoms with Gasteiger partial charge in [-0.05, 0) is 24.1 Å². The minimum Gasteiger partial charge on any atom is -0.469 e.